The largest absolute Gasteiger partial charge is 0.431 e. The summed E-state index contributed by atoms with van der Waals surface area (Å²) in [6, 6.07) is 1.27. The molecule has 0 radical (unpaired) electrons. The van der Waals surface area contributed by atoms with Gasteiger partial charge in [0, 0.05) is 27.2 Å². The molecule has 148 valence electrons. The highest BCUT2D eigenvalue weighted by Gasteiger charge is 2.35. The summed E-state index contributed by atoms with van der Waals surface area (Å²) in [4.78, 5) is 23.7. The van der Waals surface area contributed by atoms with E-state index in [1.807, 2.05) is 0 Å². The van der Waals surface area contributed by atoms with Crippen LogP contribution in [-0.2, 0) is 23.2 Å². The number of hydrogen-bond acceptors (Lipinski definition) is 4. The second kappa shape index (κ2) is 6.77. The van der Waals surface area contributed by atoms with Crippen LogP contribution in [0, 0.1) is 5.82 Å². The van der Waals surface area contributed by atoms with Crippen molar-refractivity contribution in [2.45, 2.75) is 11.1 Å². The van der Waals surface area contributed by atoms with Crippen molar-refractivity contribution in [2.24, 2.45) is 7.05 Å². The number of nitrogens with zero attached hydrogens (tertiary/aromatic N) is 3. The third kappa shape index (κ3) is 3.64. The van der Waals surface area contributed by atoms with E-state index in [0.29, 0.717) is 12.1 Å². The number of sulfonamides is 1. The van der Waals surface area contributed by atoms with Crippen LogP contribution < -0.4 is 11.2 Å². The van der Waals surface area contributed by atoms with Gasteiger partial charge < -0.3 is 0 Å². The number of rotatable bonds is 3. The lowest BCUT2D eigenvalue weighted by Crippen LogP contribution is -2.41. The summed E-state index contributed by atoms with van der Waals surface area (Å²) >= 11 is 5.75. The fourth-order valence-corrected chi connectivity index (χ4v) is 3.61. The molecule has 0 spiro atoms. The Morgan fingerprint density at radius 2 is 1.67 bits per heavy atom. The van der Waals surface area contributed by atoms with Crippen LogP contribution in [-0.4, -0.2) is 36.0 Å². The number of alkyl halides is 3. The molecule has 0 N–H and O–H groups in total. The number of halogens is 5. The van der Waals surface area contributed by atoms with Gasteiger partial charge in [-0.1, -0.05) is 11.6 Å². The molecular formula is C14H12ClF4N3O4S. The fourth-order valence-electron chi connectivity index (χ4n) is 2.20. The van der Waals surface area contributed by atoms with Gasteiger partial charge in [-0.2, -0.15) is 13.2 Å². The van der Waals surface area contributed by atoms with Gasteiger partial charge in [0.15, 0.2) is 0 Å². The van der Waals surface area contributed by atoms with E-state index in [1.54, 1.807) is 0 Å². The summed E-state index contributed by atoms with van der Waals surface area (Å²) in [7, 11) is -1.12. The normalized spacial score (nSPS) is 12.6. The highest BCUT2D eigenvalue weighted by molar-refractivity contribution is 7.89. The minimum absolute atomic E-state index is 0.0928. The summed E-state index contributed by atoms with van der Waals surface area (Å²) in [5, 5.41) is -0.526. The molecule has 2 aromatic rings. The Hall–Kier alpha value is -2.18. The number of hydrogen-bond donors (Lipinski definition) is 0. The highest BCUT2D eigenvalue weighted by atomic mass is 35.5. The molecule has 0 aliphatic carbocycles. The number of benzene rings is 1. The molecular weight excluding hydrogens is 418 g/mol. The van der Waals surface area contributed by atoms with Gasteiger partial charge in [0.05, 0.1) is 10.7 Å². The van der Waals surface area contributed by atoms with Crippen LogP contribution in [0.1, 0.15) is 5.69 Å². The quantitative estimate of drug-likeness (QED) is 0.694. The summed E-state index contributed by atoms with van der Waals surface area (Å²) in [6.07, 6.45) is -5.00. The predicted molar refractivity (Wildman–Crippen MR) is 88.1 cm³/mol. The second-order valence-electron chi connectivity index (χ2n) is 5.56. The molecule has 0 fully saturated rings. The van der Waals surface area contributed by atoms with Gasteiger partial charge in [0.25, 0.3) is 5.56 Å². The predicted octanol–water partition coefficient (Wildman–Crippen LogP) is 1.60. The summed E-state index contributed by atoms with van der Waals surface area (Å²) in [6.45, 7) is 0. The van der Waals surface area contributed by atoms with E-state index in [2.05, 4.69) is 0 Å². The van der Waals surface area contributed by atoms with E-state index in [9.17, 15) is 35.6 Å². The van der Waals surface area contributed by atoms with Crippen molar-refractivity contribution in [1.29, 1.82) is 0 Å². The summed E-state index contributed by atoms with van der Waals surface area (Å²) in [5.41, 5.74) is -5.38. The Morgan fingerprint density at radius 3 is 2.15 bits per heavy atom. The molecule has 2 rings (SSSR count). The van der Waals surface area contributed by atoms with Crippen molar-refractivity contribution in [3.63, 3.8) is 0 Å². The van der Waals surface area contributed by atoms with Crippen LogP contribution in [0.4, 0.5) is 17.6 Å². The van der Waals surface area contributed by atoms with Crippen molar-refractivity contribution in [2.75, 3.05) is 14.1 Å². The maximum Gasteiger partial charge on any atom is 0.431 e. The molecule has 0 amide bonds. The minimum Gasteiger partial charge on any atom is -0.292 e. The Bertz CT molecular complexity index is 1140. The molecule has 0 aliphatic rings. The first-order chi connectivity index (χ1) is 12.2. The molecule has 0 saturated heterocycles. The maximum absolute atomic E-state index is 14.3. The Morgan fingerprint density at radius 1 is 1.11 bits per heavy atom. The Balaban J connectivity index is 2.91. The molecule has 0 unspecified atom stereocenters. The third-order valence-corrected chi connectivity index (χ3v) is 5.89. The van der Waals surface area contributed by atoms with E-state index >= 15 is 0 Å². The molecule has 1 heterocycles. The van der Waals surface area contributed by atoms with Crippen LogP contribution in [0.5, 0.6) is 0 Å². The van der Waals surface area contributed by atoms with Crippen LogP contribution in [0.25, 0.3) is 5.69 Å². The minimum atomic E-state index is -5.00. The van der Waals surface area contributed by atoms with E-state index in [4.69, 9.17) is 11.6 Å². The molecule has 13 heteroatoms. The lowest BCUT2D eigenvalue weighted by molar-refractivity contribution is -0.144. The van der Waals surface area contributed by atoms with Gasteiger partial charge in [-0.25, -0.2) is 26.5 Å². The first kappa shape index (κ1) is 21.1. The zero-order valence-electron chi connectivity index (χ0n) is 14.0. The highest BCUT2D eigenvalue weighted by Crippen LogP contribution is 2.29. The number of aromatic nitrogens is 2. The molecule has 0 bridgehead atoms. The van der Waals surface area contributed by atoms with Crippen molar-refractivity contribution in [1.82, 2.24) is 13.4 Å². The molecule has 0 aliphatic heterocycles. The Labute approximate surface area is 155 Å². The lowest BCUT2D eigenvalue weighted by Gasteiger charge is -2.17. The van der Waals surface area contributed by atoms with Crippen LogP contribution >= 0.6 is 11.6 Å². The van der Waals surface area contributed by atoms with E-state index < -0.39 is 54.6 Å². The first-order valence-electron chi connectivity index (χ1n) is 7.01. The van der Waals surface area contributed by atoms with Gasteiger partial charge in [0.1, 0.15) is 16.4 Å². The van der Waals surface area contributed by atoms with Crippen LogP contribution in [0.2, 0.25) is 5.02 Å². The maximum atomic E-state index is 14.3. The zero-order valence-corrected chi connectivity index (χ0v) is 15.6. The molecule has 0 atom stereocenters. The average Bonchev–Trinajstić information content (AvgIpc) is 2.51. The Kier molecular flexibility index (Phi) is 5.29. The van der Waals surface area contributed by atoms with Gasteiger partial charge in [-0.05, 0) is 12.1 Å². The molecule has 1 aromatic heterocycles. The summed E-state index contributed by atoms with van der Waals surface area (Å²) < 4.78 is 78.5. The van der Waals surface area contributed by atoms with Gasteiger partial charge in [-0.3, -0.25) is 9.36 Å². The topological polar surface area (TPSA) is 81.4 Å². The van der Waals surface area contributed by atoms with E-state index in [-0.39, 0.29) is 15.2 Å². The monoisotopic (exact) mass is 429 g/mol. The van der Waals surface area contributed by atoms with Crippen molar-refractivity contribution in [3.8, 4) is 5.69 Å². The molecule has 0 saturated carbocycles. The average molecular weight is 430 g/mol. The van der Waals surface area contributed by atoms with Gasteiger partial charge >= 0.3 is 11.9 Å². The van der Waals surface area contributed by atoms with E-state index in [1.165, 1.54) is 0 Å². The zero-order chi connectivity index (χ0) is 20.9. The van der Waals surface area contributed by atoms with Crippen molar-refractivity contribution >= 4 is 21.6 Å². The van der Waals surface area contributed by atoms with Crippen LogP contribution in [0.3, 0.4) is 0 Å². The molecule has 27 heavy (non-hydrogen) atoms. The van der Waals surface area contributed by atoms with E-state index in [0.717, 1.165) is 25.4 Å². The van der Waals surface area contributed by atoms with Crippen LogP contribution in [0.15, 0.2) is 32.7 Å². The van der Waals surface area contributed by atoms with Crippen molar-refractivity contribution in [3.05, 3.63) is 55.6 Å². The smallest absolute Gasteiger partial charge is 0.292 e. The molecule has 7 nitrogen and oxygen atoms in total. The van der Waals surface area contributed by atoms with Crippen molar-refractivity contribution < 1.29 is 26.0 Å². The summed E-state index contributed by atoms with van der Waals surface area (Å²) in [5.74, 6) is -1.27. The first-order valence-corrected chi connectivity index (χ1v) is 8.83. The third-order valence-electron chi connectivity index (χ3n) is 3.61. The molecule has 1 aromatic carbocycles. The SMILES string of the molecule is CN(C)S(=O)(=O)c1cc(-n2c(=O)cc(C(F)(F)F)n(C)c2=O)c(F)cc1Cl. The fraction of sp³-hybridized carbons (Fsp3) is 0.286. The van der Waals surface area contributed by atoms with Gasteiger partial charge in [0.2, 0.25) is 10.0 Å². The lowest BCUT2D eigenvalue weighted by atomic mass is 10.3. The standard InChI is InChI=1S/C14H12ClF4N3O4S/c1-20(2)27(25,26)10-5-9(8(16)4-7(10)15)22-12(23)6-11(14(17,18)19)21(3)13(22)24/h4-6H,1-3H3. The second-order valence-corrected chi connectivity index (χ2v) is 8.09. The van der Waals surface area contributed by atoms with Gasteiger partial charge in [-0.15, -0.1) is 0 Å².